The van der Waals surface area contributed by atoms with Crippen LogP contribution in [0.4, 0.5) is 13.2 Å². The van der Waals surface area contributed by atoms with E-state index in [-0.39, 0.29) is 11.5 Å². The molecule has 0 bridgehead atoms. The van der Waals surface area contributed by atoms with Gasteiger partial charge in [-0.3, -0.25) is 4.79 Å². The van der Waals surface area contributed by atoms with Crippen LogP contribution in [-0.2, 0) is 6.18 Å². The molecule has 0 saturated heterocycles. The van der Waals surface area contributed by atoms with Gasteiger partial charge in [0.2, 0.25) is 0 Å². The largest absolute Gasteiger partial charge is 0.416 e. The minimum Gasteiger partial charge on any atom is -0.341 e. The standard InChI is InChI=1S/C11H11BrF3NO/c1-16(7-6-12)10(17)8-2-4-9(5-3-8)11(13,14)15/h2-5H,6-7H2,1H3. The molecular formula is C11H11BrF3NO. The zero-order valence-corrected chi connectivity index (χ0v) is 10.7. The van der Waals surface area contributed by atoms with Gasteiger partial charge < -0.3 is 4.90 Å². The highest BCUT2D eigenvalue weighted by Crippen LogP contribution is 2.29. The molecule has 1 aromatic carbocycles. The van der Waals surface area contributed by atoms with Gasteiger partial charge >= 0.3 is 6.18 Å². The second kappa shape index (κ2) is 5.53. The van der Waals surface area contributed by atoms with Crippen molar-refractivity contribution in [2.45, 2.75) is 6.18 Å². The van der Waals surface area contributed by atoms with Crippen LogP contribution in [0.3, 0.4) is 0 Å². The quantitative estimate of drug-likeness (QED) is 0.785. The first-order valence-electron chi connectivity index (χ1n) is 4.85. The highest BCUT2D eigenvalue weighted by Gasteiger charge is 2.30. The van der Waals surface area contributed by atoms with Crippen LogP contribution in [0.2, 0.25) is 0 Å². The summed E-state index contributed by atoms with van der Waals surface area (Å²) in [4.78, 5) is 13.2. The highest BCUT2D eigenvalue weighted by molar-refractivity contribution is 9.09. The Morgan fingerprint density at radius 1 is 1.29 bits per heavy atom. The molecule has 6 heteroatoms. The summed E-state index contributed by atoms with van der Waals surface area (Å²) in [5.74, 6) is -0.293. The van der Waals surface area contributed by atoms with E-state index in [4.69, 9.17) is 0 Å². The van der Waals surface area contributed by atoms with Gasteiger partial charge in [0, 0.05) is 24.5 Å². The predicted octanol–water partition coefficient (Wildman–Crippen LogP) is 3.17. The zero-order valence-electron chi connectivity index (χ0n) is 9.09. The maximum absolute atomic E-state index is 12.3. The van der Waals surface area contributed by atoms with E-state index < -0.39 is 11.7 Å². The average Bonchev–Trinajstić information content (AvgIpc) is 2.27. The van der Waals surface area contributed by atoms with E-state index in [2.05, 4.69) is 15.9 Å². The first-order chi connectivity index (χ1) is 7.86. The summed E-state index contributed by atoms with van der Waals surface area (Å²) in [5.41, 5.74) is -0.501. The van der Waals surface area contributed by atoms with E-state index in [1.54, 1.807) is 7.05 Å². The fraction of sp³-hybridized carbons (Fsp3) is 0.364. The Hall–Kier alpha value is -1.04. The van der Waals surface area contributed by atoms with E-state index in [0.717, 1.165) is 12.1 Å². The summed E-state index contributed by atoms with van der Waals surface area (Å²) in [5, 5.41) is 0.621. The number of hydrogen-bond acceptors (Lipinski definition) is 1. The monoisotopic (exact) mass is 309 g/mol. The van der Waals surface area contributed by atoms with Gasteiger partial charge in [0.1, 0.15) is 0 Å². The Bertz CT molecular complexity index is 389. The smallest absolute Gasteiger partial charge is 0.341 e. The Morgan fingerprint density at radius 2 is 1.82 bits per heavy atom. The van der Waals surface area contributed by atoms with Crippen molar-refractivity contribution in [2.75, 3.05) is 18.9 Å². The molecule has 0 N–H and O–H groups in total. The van der Waals surface area contributed by atoms with Crippen molar-refractivity contribution in [1.29, 1.82) is 0 Å². The second-order valence-corrected chi connectivity index (χ2v) is 4.28. The van der Waals surface area contributed by atoms with Gasteiger partial charge in [0.15, 0.2) is 0 Å². The van der Waals surface area contributed by atoms with Gasteiger partial charge in [0.05, 0.1) is 5.56 Å². The molecule has 2 nitrogen and oxygen atoms in total. The third kappa shape index (κ3) is 3.73. The van der Waals surface area contributed by atoms with Gasteiger partial charge in [-0.1, -0.05) is 15.9 Å². The number of carbonyl (C=O) groups is 1. The molecule has 1 rings (SSSR count). The zero-order chi connectivity index (χ0) is 13.1. The van der Waals surface area contributed by atoms with Crippen LogP contribution in [0.1, 0.15) is 15.9 Å². The fourth-order valence-electron chi connectivity index (χ4n) is 1.25. The molecule has 0 aliphatic heterocycles. The number of carbonyl (C=O) groups excluding carboxylic acids is 1. The molecule has 0 heterocycles. The van der Waals surface area contributed by atoms with E-state index in [1.807, 2.05) is 0 Å². The minimum absolute atomic E-state index is 0.251. The summed E-state index contributed by atoms with van der Waals surface area (Å²) < 4.78 is 36.9. The molecule has 0 atom stereocenters. The number of rotatable bonds is 3. The number of hydrogen-bond donors (Lipinski definition) is 0. The Morgan fingerprint density at radius 3 is 2.24 bits per heavy atom. The lowest BCUT2D eigenvalue weighted by molar-refractivity contribution is -0.137. The van der Waals surface area contributed by atoms with E-state index >= 15 is 0 Å². The van der Waals surface area contributed by atoms with Gasteiger partial charge in [-0.05, 0) is 24.3 Å². The van der Waals surface area contributed by atoms with E-state index in [1.165, 1.54) is 17.0 Å². The van der Waals surface area contributed by atoms with Crippen molar-refractivity contribution in [2.24, 2.45) is 0 Å². The van der Waals surface area contributed by atoms with E-state index in [0.29, 0.717) is 11.9 Å². The van der Waals surface area contributed by atoms with Gasteiger partial charge in [-0.2, -0.15) is 13.2 Å². The summed E-state index contributed by atoms with van der Waals surface area (Å²) >= 11 is 3.19. The molecule has 1 amide bonds. The third-order valence-electron chi connectivity index (χ3n) is 2.23. The van der Waals surface area contributed by atoms with Crippen LogP contribution in [0.5, 0.6) is 0 Å². The Balaban J connectivity index is 2.84. The first kappa shape index (κ1) is 14.0. The molecule has 0 aliphatic carbocycles. The molecule has 0 radical (unpaired) electrons. The first-order valence-corrected chi connectivity index (χ1v) is 5.97. The summed E-state index contributed by atoms with van der Waals surface area (Å²) in [7, 11) is 1.60. The summed E-state index contributed by atoms with van der Waals surface area (Å²) in [6.45, 7) is 0.500. The van der Waals surface area contributed by atoms with Crippen molar-refractivity contribution in [3.05, 3.63) is 35.4 Å². The summed E-state index contributed by atoms with van der Waals surface area (Å²) in [6.07, 6.45) is -4.37. The third-order valence-corrected chi connectivity index (χ3v) is 2.58. The number of alkyl halides is 4. The van der Waals surface area contributed by atoms with Crippen LogP contribution in [0.15, 0.2) is 24.3 Å². The topological polar surface area (TPSA) is 20.3 Å². The van der Waals surface area contributed by atoms with Gasteiger partial charge in [-0.15, -0.1) is 0 Å². The molecule has 94 valence electrons. The second-order valence-electron chi connectivity index (χ2n) is 3.49. The average molecular weight is 310 g/mol. The number of halogens is 4. The van der Waals surface area contributed by atoms with E-state index in [9.17, 15) is 18.0 Å². The van der Waals surface area contributed by atoms with Crippen molar-refractivity contribution in [1.82, 2.24) is 4.90 Å². The molecule has 0 unspecified atom stereocenters. The lowest BCUT2D eigenvalue weighted by atomic mass is 10.1. The number of benzene rings is 1. The lowest BCUT2D eigenvalue weighted by Crippen LogP contribution is -2.28. The lowest BCUT2D eigenvalue weighted by Gasteiger charge is -2.16. The van der Waals surface area contributed by atoms with Crippen molar-refractivity contribution < 1.29 is 18.0 Å². The number of nitrogens with zero attached hydrogens (tertiary/aromatic N) is 1. The molecule has 1 aromatic rings. The van der Waals surface area contributed by atoms with Crippen molar-refractivity contribution >= 4 is 21.8 Å². The van der Waals surface area contributed by atoms with Crippen molar-refractivity contribution in [3.63, 3.8) is 0 Å². The molecule has 0 aliphatic rings. The molecular weight excluding hydrogens is 299 g/mol. The normalized spacial score (nSPS) is 11.4. The van der Waals surface area contributed by atoms with Crippen molar-refractivity contribution in [3.8, 4) is 0 Å². The molecule has 0 spiro atoms. The summed E-state index contributed by atoms with van der Waals surface area (Å²) in [6, 6.07) is 4.20. The van der Waals surface area contributed by atoms with Crippen LogP contribution in [-0.4, -0.2) is 29.7 Å². The molecule has 17 heavy (non-hydrogen) atoms. The molecule has 0 saturated carbocycles. The highest BCUT2D eigenvalue weighted by atomic mass is 79.9. The molecule has 0 fully saturated rings. The van der Waals surface area contributed by atoms with Crippen LogP contribution < -0.4 is 0 Å². The van der Waals surface area contributed by atoms with Crippen LogP contribution in [0.25, 0.3) is 0 Å². The van der Waals surface area contributed by atoms with Gasteiger partial charge in [0.25, 0.3) is 5.91 Å². The fourth-order valence-corrected chi connectivity index (χ4v) is 1.78. The van der Waals surface area contributed by atoms with Gasteiger partial charge in [-0.25, -0.2) is 0 Å². The predicted molar refractivity (Wildman–Crippen MR) is 62.2 cm³/mol. The number of amides is 1. The van der Waals surface area contributed by atoms with Crippen LogP contribution >= 0.6 is 15.9 Å². The SMILES string of the molecule is CN(CCBr)C(=O)c1ccc(C(F)(F)F)cc1. The molecule has 0 aromatic heterocycles. The maximum Gasteiger partial charge on any atom is 0.416 e. The minimum atomic E-state index is -4.37. The maximum atomic E-state index is 12.3. The Kier molecular flexibility index (Phi) is 4.56. The Labute approximate surface area is 106 Å². The van der Waals surface area contributed by atoms with Crippen LogP contribution in [0, 0.1) is 0 Å².